The number of nitrogens with zero attached hydrogens (tertiary/aromatic N) is 1. The first-order valence-electron chi connectivity index (χ1n) is 6.76. The van der Waals surface area contributed by atoms with Gasteiger partial charge < -0.3 is 15.4 Å². The van der Waals surface area contributed by atoms with Crippen LogP contribution in [-0.4, -0.2) is 36.4 Å². The lowest BCUT2D eigenvalue weighted by atomic mass is 10.2. The van der Waals surface area contributed by atoms with Crippen LogP contribution in [0.1, 0.15) is 20.7 Å². The number of aromatic nitrogens is 1. The molecule has 23 heavy (non-hydrogen) atoms. The maximum absolute atomic E-state index is 11.8. The van der Waals surface area contributed by atoms with Gasteiger partial charge in [0.25, 0.3) is 5.91 Å². The number of nitrogens with one attached hydrogen (secondary N) is 2. The predicted octanol–water partition coefficient (Wildman–Crippen LogP) is 1.24. The normalized spacial score (nSPS) is 9.78. The third-order valence-electron chi connectivity index (χ3n) is 2.92. The largest absolute Gasteiger partial charge is 0.465 e. The predicted molar refractivity (Wildman–Crippen MR) is 83.0 cm³/mol. The lowest BCUT2D eigenvalue weighted by molar-refractivity contribution is -0.115. The molecule has 0 bridgehead atoms. The Hall–Kier alpha value is -3.22. The van der Waals surface area contributed by atoms with Gasteiger partial charge in [0.2, 0.25) is 5.91 Å². The fourth-order valence-electron chi connectivity index (χ4n) is 1.77. The first-order chi connectivity index (χ1) is 11.1. The summed E-state index contributed by atoms with van der Waals surface area (Å²) in [5, 5.41) is 5.10. The van der Waals surface area contributed by atoms with Crippen LogP contribution in [0.2, 0.25) is 0 Å². The van der Waals surface area contributed by atoms with Gasteiger partial charge in [-0.3, -0.25) is 14.6 Å². The number of esters is 1. The van der Waals surface area contributed by atoms with E-state index in [9.17, 15) is 14.4 Å². The number of ether oxygens (including phenoxy) is 1. The van der Waals surface area contributed by atoms with Crippen LogP contribution in [0.25, 0.3) is 0 Å². The summed E-state index contributed by atoms with van der Waals surface area (Å²) in [5.41, 5.74) is 1.27. The quantitative estimate of drug-likeness (QED) is 0.809. The molecule has 0 unspecified atom stereocenters. The molecule has 0 spiro atoms. The van der Waals surface area contributed by atoms with Crippen LogP contribution in [0.15, 0.2) is 48.8 Å². The molecule has 2 rings (SSSR count). The van der Waals surface area contributed by atoms with Gasteiger partial charge in [-0.25, -0.2) is 4.79 Å². The third kappa shape index (κ3) is 4.63. The van der Waals surface area contributed by atoms with Crippen LogP contribution in [-0.2, 0) is 9.53 Å². The summed E-state index contributed by atoms with van der Waals surface area (Å²) in [5.74, 6) is -1.21. The summed E-state index contributed by atoms with van der Waals surface area (Å²) >= 11 is 0. The van der Waals surface area contributed by atoms with Crippen molar-refractivity contribution in [2.24, 2.45) is 0 Å². The molecule has 0 radical (unpaired) electrons. The molecule has 0 atom stereocenters. The number of anilines is 1. The van der Waals surface area contributed by atoms with E-state index in [-0.39, 0.29) is 18.4 Å². The van der Waals surface area contributed by atoms with Crippen LogP contribution in [0, 0.1) is 0 Å². The van der Waals surface area contributed by atoms with Gasteiger partial charge in [0.05, 0.1) is 24.8 Å². The smallest absolute Gasteiger partial charge is 0.337 e. The van der Waals surface area contributed by atoms with Crippen molar-refractivity contribution in [3.63, 3.8) is 0 Å². The number of methoxy groups -OCH3 is 1. The van der Waals surface area contributed by atoms with Gasteiger partial charge in [-0.1, -0.05) is 0 Å². The number of benzene rings is 1. The standard InChI is InChI=1S/C16H15N3O4/c1-23-16(22)11-4-6-13(7-5-11)19-14(20)10-18-15(21)12-3-2-8-17-9-12/h2-9H,10H2,1H3,(H,18,21)(H,19,20). The Morgan fingerprint density at radius 2 is 1.83 bits per heavy atom. The van der Waals surface area contributed by atoms with E-state index >= 15 is 0 Å². The number of hydrogen-bond acceptors (Lipinski definition) is 5. The van der Waals surface area contributed by atoms with Crippen molar-refractivity contribution in [3.05, 3.63) is 59.9 Å². The van der Waals surface area contributed by atoms with Crippen molar-refractivity contribution in [1.82, 2.24) is 10.3 Å². The molecule has 1 aromatic heterocycles. The summed E-state index contributed by atoms with van der Waals surface area (Å²) in [7, 11) is 1.29. The van der Waals surface area contributed by atoms with E-state index < -0.39 is 5.97 Å². The fraction of sp³-hybridized carbons (Fsp3) is 0.125. The van der Waals surface area contributed by atoms with E-state index in [4.69, 9.17) is 0 Å². The van der Waals surface area contributed by atoms with Crippen LogP contribution >= 0.6 is 0 Å². The molecule has 0 aliphatic carbocycles. The van der Waals surface area contributed by atoms with E-state index in [1.54, 1.807) is 30.5 Å². The van der Waals surface area contributed by atoms with Gasteiger partial charge in [0.15, 0.2) is 0 Å². The van der Waals surface area contributed by atoms with Gasteiger partial charge in [0.1, 0.15) is 0 Å². The van der Waals surface area contributed by atoms with E-state index in [0.29, 0.717) is 16.8 Å². The van der Waals surface area contributed by atoms with Gasteiger partial charge in [0, 0.05) is 18.1 Å². The van der Waals surface area contributed by atoms with Crippen LogP contribution in [0.4, 0.5) is 5.69 Å². The van der Waals surface area contributed by atoms with Crippen molar-refractivity contribution >= 4 is 23.5 Å². The van der Waals surface area contributed by atoms with Crippen LogP contribution < -0.4 is 10.6 Å². The molecule has 0 aliphatic rings. The van der Waals surface area contributed by atoms with Crippen molar-refractivity contribution in [2.45, 2.75) is 0 Å². The van der Waals surface area contributed by atoms with Crippen molar-refractivity contribution in [3.8, 4) is 0 Å². The molecule has 2 amide bonds. The highest BCUT2D eigenvalue weighted by atomic mass is 16.5. The van der Waals surface area contributed by atoms with Gasteiger partial charge in [-0.15, -0.1) is 0 Å². The molecular formula is C16H15N3O4. The Bertz CT molecular complexity index is 699. The lowest BCUT2D eigenvalue weighted by Gasteiger charge is -2.07. The number of hydrogen-bond donors (Lipinski definition) is 2. The average Bonchev–Trinajstić information content (AvgIpc) is 2.60. The Kier molecular flexibility index (Phi) is 5.40. The van der Waals surface area contributed by atoms with Crippen LogP contribution in [0.5, 0.6) is 0 Å². The highest BCUT2D eigenvalue weighted by molar-refractivity contribution is 5.99. The van der Waals surface area contributed by atoms with Crippen molar-refractivity contribution in [1.29, 1.82) is 0 Å². The highest BCUT2D eigenvalue weighted by Gasteiger charge is 2.09. The summed E-state index contributed by atoms with van der Waals surface area (Å²) in [6.07, 6.45) is 2.97. The van der Waals surface area contributed by atoms with Gasteiger partial charge in [-0.2, -0.15) is 0 Å². The van der Waals surface area contributed by atoms with Gasteiger partial charge >= 0.3 is 5.97 Å². The van der Waals surface area contributed by atoms with Crippen LogP contribution in [0.3, 0.4) is 0 Å². The molecule has 2 aromatic rings. The van der Waals surface area contributed by atoms with Crippen molar-refractivity contribution in [2.75, 3.05) is 19.0 Å². The zero-order valence-electron chi connectivity index (χ0n) is 12.4. The molecule has 2 N–H and O–H groups in total. The minimum atomic E-state index is -0.452. The Balaban J connectivity index is 1.85. The van der Waals surface area contributed by atoms with Crippen molar-refractivity contribution < 1.29 is 19.1 Å². The maximum Gasteiger partial charge on any atom is 0.337 e. The third-order valence-corrected chi connectivity index (χ3v) is 2.92. The second-order valence-electron chi connectivity index (χ2n) is 4.54. The Morgan fingerprint density at radius 1 is 1.09 bits per heavy atom. The number of amides is 2. The second kappa shape index (κ2) is 7.69. The first-order valence-corrected chi connectivity index (χ1v) is 6.76. The highest BCUT2D eigenvalue weighted by Crippen LogP contribution is 2.10. The number of pyridine rings is 1. The monoisotopic (exact) mass is 313 g/mol. The molecule has 7 nitrogen and oxygen atoms in total. The van der Waals surface area contributed by atoms with E-state index in [1.807, 2.05) is 0 Å². The minimum Gasteiger partial charge on any atom is -0.465 e. The molecule has 0 aliphatic heterocycles. The zero-order chi connectivity index (χ0) is 16.7. The van der Waals surface area contributed by atoms with E-state index in [2.05, 4.69) is 20.4 Å². The Labute approximate surface area is 132 Å². The second-order valence-corrected chi connectivity index (χ2v) is 4.54. The summed E-state index contributed by atoms with van der Waals surface area (Å²) in [6.45, 7) is -0.174. The number of carbonyl (C=O) groups excluding carboxylic acids is 3. The molecule has 118 valence electrons. The molecular weight excluding hydrogens is 298 g/mol. The summed E-state index contributed by atoms with van der Waals surface area (Å²) in [6, 6.07) is 9.47. The Morgan fingerprint density at radius 3 is 2.43 bits per heavy atom. The lowest BCUT2D eigenvalue weighted by Crippen LogP contribution is -2.32. The first kappa shape index (κ1) is 16.2. The zero-order valence-corrected chi connectivity index (χ0v) is 12.4. The summed E-state index contributed by atoms with van der Waals surface area (Å²) < 4.78 is 4.59. The average molecular weight is 313 g/mol. The summed E-state index contributed by atoms with van der Waals surface area (Å²) in [4.78, 5) is 38.7. The molecule has 0 saturated heterocycles. The fourth-order valence-corrected chi connectivity index (χ4v) is 1.77. The molecule has 7 heteroatoms. The maximum atomic E-state index is 11.8. The molecule has 1 aromatic carbocycles. The van der Waals surface area contributed by atoms with Gasteiger partial charge in [-0.05, 0) is 36.4 Å². The molecule has 0 saturated carbocycles. The topological polar surface area (TPSA) is 97.4 Å². The SMILES string of the molecule is COC(=O)c1ccc(NC(=O)CNC(=O)c2cccnc2)cc1. The molecule has 0 fully saturated rings. The number of carbonyl (C=O) groups is 3. The molecule has 1 heterocycles. The van der Waals surface area contributed by atoms with E-state index in [1.165, 1.54) is 25.4 Å². The van der Waals surface area contributed by atoms with E-state index in [0.717, 1.165) is 0 Å². The number of rotatable bonds is 5. The minimum absolute atomic E-state index is 0.174.